The van der Waals surface area contributed by atoms with E-state index in [0.29, 0.717) is 23.7 Å². The molecule has 2 amide bonds. The summed E-state index contributed by atoms with van der Waals surface area (Å²) in [7, 11) is 0. The third kappa shape index (κ3) is 3.89. The van der Waals surface area contributed by atoms with Gasteiger partial charge in [0.2, 0.25) is 0 Å². The summed E-state index contributed by atoms with van der Waals surface area (Å²) in [6, 6.07) is 8.82. The van der Waals surface area contributed by atoms with Crippen molar-refractivity contribution in [3.63, 3.8) is 0 Å². The second kappa shape index (κ2) is 6.97. The number of hydrogen-bond donors (Lipinski definition) is 3. The van der Waals surface area contributed by atoms with Crippen molar-refractivity contribution >= 4 is 23.3 Å². The number of benzene rings is 1. The van der Waals surface area contributed by atoms with Crippen molar-refractivity contribution < 1.29 is 4.79 Å². The Balaban J connectivity index is 1.64. The lowest BCUT2D eigenvalue weighted by Gasteiger charge is -2.13. The Bertz CT molecular complexity index is 769. The van der Waals surface area contributed by atoms with Crippen LogP contribution in [0, 0.1) is 0 Å². The lowest BCUT2D eigenvalue weighted by atomic mass is 10.2. The molecule has 1 aromatic carbocycles. The van der Waals surface area contributed by atoms with Gasteiger partial charge < -0.3 is 15.2 Å². The Kier molecular flexibility index (Phi) is 4.58. The highest BCUT2D eigenvalue weighted by Gasteiger charge is 2.09. The highest BCUT2D eigenvalue weighted by atomic mass is 35.5. The van der Waals surface area contributed by atoms with E-state index in [1.54, 1.807) is 18.2 Å². The first-order valence-electron chi connectivity index (χ1n) is 7.04. The molecular formula is C15H15ClN6O. The number of aromatic amines is 1. The van der Waals surface area contributed by atoms with E-state index in [0.717, 1.165) is 11.5 Å². The van der Waals surface area contributed by atoms with E-state index in [1.165, 1.54) is 6.33 Å². The minimum Gasteiger partial charge on any atom is -0.337 e. The number of carbonyl (C=O) groups is 1. The number of carbonyl (C=O) groups excluding carboxylic acids is 1. The minimum atomic E-state index is -0.291. The Morgan fingerprint density at radius 2 is 2.13 bits per heavy atom. The number of halogens is 1. The quantitative estimate of drug-likeness (QED) is 0.672. The van der Waals surface area contributed by atoms with E-state index in [4.69, 9.17) is 11.6 Å². The molecule has 0 radical (unpaired) electrons. The molecule has 0 spiro atoms. The summed E-state index contributed by atoms with van der Waals surface area (Å²) in [5.74, 6) is 0.727. The standard InChI is InChI=1S/C15H15ClN6O/c16-11-3-4-12(13(9-11)22-7-1-2-8-22)20-15(23)17-6-5-14-18-10-19-21-14/h1-4,7-10H,5-6H2,(H2,17,20,23)(H,18,19,21). The summed E-state index contributed by atoms with van der Waals surface area (Å²) in [6.45, 7) is 0.452. The molecule has 7 nitrogen and oxygen atoms in total. The molecule has 2 heterocycles. The molecule has 0 fully saturated rings. The van der Waals surface area contributed by atoms with Gasteiger partial charge in [0, 0.05) is 30.4 Å². The van der Waals surface area contributed by atoms with Crippen LogP contribution in [0.2, 0.25) is 5.02 Å². The molecule has 0 saturated carbocycles. The van der Waals surface area contributed by atoms with Gasteiger partial charge in [-0.1, -0.05) is 11.6 Å². The summed E-state index contributed by atoms with van der Waals surface area (Å²) in [5.41, 5.74) is 1.47. The average Bonchev–Trinajstić information content (AvgIpc) is 3.22. The molecule has 0 atom stereocenters. The van der Waals surface area contributed by atoms with Crippen LogP contribution in [0.25, 0.3) is 5.69 Å². The fraction of sp³-hybridized carbons (Fsp3) is 0.133. The van der Waals surface area contributed by atoms with Crippen LogP contribution in [-0.2, 0) is 6.42 Å². The summed E-state index contributed by atoms with van der Waals surface area (Å²) < 4.78 is 1.88. The van der Waals surface area contributed by atoms with Crippen LogP contribution in [0.1, 0.15) is 5.82 Å². The molecule has 0 aliphatic heterocycles. The Hall–Kier alpha value is -2.80. The van der Waals surface area contributed by atoms with Crippen molar-refractivity contribution in [2.45, 2.75) is 6.42 Å². The van der Waals surface area contributed by atoms with Gasteiger partial charge in [-0.2, -0.15) is 5.10 Å². The fourth-order valence-electron chi connectivity index (χ4n) is 2.13. The molecule has 3 N–H and O–H groups in total. The molecular weight excluding hydrogens is 316 g/mol. The SMILES string of the molecule is O=C(NCCc1ncn[nH]1)Nc1ccc(Cl)cc1-n1cccc1. The van der Waals surface area contributed by atoms with E-state index >= 15 is 0 Å². The van der Waals surface area contributed by atoms with Crippen molar-refractivity contribution in [1.29, 1.82) is 0 Å². The van der Waals surface area contributed by atoms with Crippen LogP contribution in [0.15, 0.2) is 49.1 Å². The number of nitrogens with zero attached hydrogens (tertiary/aromatic N) is 3. The summed E-state index contributed by atoms with van der Waals surface area (Å²) in [6.07, 6.45) is 5.79. The summed E-state index contributed by atoms with van der Waals surface area (Å²) in [5, 5.41) is 12.7. The zero-order valence-electron chi connectivity index (χ0n) is 12.2. The maximum Gasteiger partial charge on any atom is 0.319 e. The van der Waals surface area contributed by atoms with Gasteiger partial charge in [0.25, 0.3) is 0 Å². The van der Waals surface area contributed by atoms with Crippen LogP contribution in [0.4, 0.5) is 10.5 Å². The maximum atomic E-state index is 12.0. The smallest absolute Gasteiger partial charge is 0.319 e. The maximum absolute atomic E-state index is 12.0. The van der Waals surface area contributed by atoms with Crippen molar-refractivity contribution in [3.05, 3.63) is 59.9 Å². The van der Waals surface area contributed by atoms with E-state index in [1.807, 2.05) is 29.1 Å². The Labute approximate surface area is 137 Å². The van der Waals surface area contributed by atoms with E-state index in [9.17, 15) is 4.79 Å². The molecule has 3 aromatic rings. The fourth-order valence-corrected chi connectivity index (χ4v) is 2.30. The van der Waals surface area contributed by atoms with Crippen molar-refractivity contribution in [1.82, 2.24) is 25.1 Å². The third-order valence-electron chi connectivity index (χ3n) is 3.20. The number of H-pyrrole nitrogens is 1. The van der Waals surface area contributed by atoms with Gasteiger partial charge in [-0.05, 0) is 30.3 Å². The zero-order valence-corrected chi connectivity index (χ0v) is 12.9. The van der Waals surface area contributed by atoms with Gasteiger partial charge in [-0.25, -0.2) is 9.78 Å². The molecule has 8 heteroatoms. The van der Waals surface area contributed by atoms with Crippen LogP contribution in [0.5, 0.6) is 0 Å². The van der Waals surface area contributed by atoms with Gasteiger partial charge in [-0.15, -0.1) is 0 Å². The molecule has 0 unspecified atom stereocenters. The van der Waals surface area contributed by atoms with Crippen molar-refractivity contribution in [3.8, 4) is 5.69 Å². The van der Waals surface area contributed by atoms with Crippen LogP contribution >= 0.6 is 11.6 Å². The first-order chi connectivity index (χ1) is 11.2. The molecule has 0 bridgehead atoms. The molecule has 3 rings (SSSR count). The van der Waals surface area contributed by atoms with E-state index in [2.05, 4.69) is 25.8 Å². The van der Waals surface area contributed by atoms with Gasteiger partial charge in [0.05, 0.1) is 11.4 Å². The first-order valence-corrected chi connectivity index (χ1v) is 7.42. The summed E-state index contributed by atoms with van der Waals surface area (Å²) >= 11 is 6.05. The number of nitrogens with one attached hydrogen (secondary N) is 3. The largest absolute Gasteiger partial charge is 0.337 e. The molecule has 118 valence electrons. The van der Waals surface area contributed by atoms with Gasteiger partial charge in [-0.3, -0.25) is 5.10 Å². The van der Waals surface area contributed by atoms with E-state index in [-0.39, 0.29) is 6.03 Å². The predicted octanol–water partition coefficient (Wildman–Crippen LogP) is 2.61. The number of hydrogen-bond acceptors (Lipinski definition) is 3. The number of aromatic nitrogens is 4. The van der Waals surface area contributed by atoms with Crippen molar-refractivity contribution in [2.75, 3.05) is 11.9 Å². The number of urea groups is 1. The zero-order chi connectivity index (χ0) is 16.1. The topological polar surface area (TPSA) is 87.6 Å². The normalized spacial score (nSPS) is 10.5. The minimum absolute atomic E-state index is 0.291. The van der Waals surface area contributed by atoms with Gasteiger partial charge in [0.1, 0.15) is 12.2 Å². The second-order valence-electron chi connectivity index (χ2n) is 4.81. The second-order valence-corrected chi connectivity index (χ2v) is 5.25. The highest BCUT2D eigenvalue weighted by molar-refractivity contribution is 6.30. The molecule has 0 saturated heterocycles. The predicted molar refractivity (Wildman–Crippen MR) is 87.9 cm³/mol. The molecule has 0 aliphatic rings. The number of rotatable bonds is 5. The number of amides is 2. The average molecular weight is 331 g/mol. The van der Waals surface area contributed by atoms with Gasteiger partial charge in [0.15, 0.2) is 0 Å². The molecule has 0 aliphatic carbocycles. The Morgan fingerprint density at radius 1 is 1.30 bits per heavy atom. The van der Waals surface area contributed by atoms with E-state index < -0.39 is 0 Å². The first kappa shape index (κ1) is 15.1. The monoisotopic (exact) mass is 330 g/mol. The molecule has 2 aromatic heterocycles. The molecule has 23 heavy (non-hydrogen) atoms. The lowest BCUT2D eigenvalue weighted by Crippen LogP contribution is -2.31. The third-order valence-corrected chi connectivity index (χ3v) is 3.44. The van der Waals surface area contributed by atoms with Crippen molar-refractivity contribution in [2.24, 2.45) is 0 Å². The lowest BCUT2D eigenvalue weighted by molar-refractivity contribution is 0.252. The van der Waals surface area contributed by atoms with Crippen LogP contribution in [0.3, 0.4) is 0 Å². The highest BCUT2D eigenvalue weighted by Crippen LogP contribution is 2.24. The summed E-state index contributed by atoms with van der Waals surface area (Å²) in [4.78, 5) is 16.0. The van der Waals surface area contributed by atoms with Crippen LogP contribution < -0.4 is 10.6 Å². The number of anilines is 1. The van der Waals surface area contributed by atoms with Crippen LogP contribution in [-0.4, -0.2) is 32.3 Å². The Morgan fingerprint density at radius 3 is 2.87 bits per heavy atom. The van der Waals surface area contributed by atoms with Gasteiger partial charge >= 0.3 is 6.03 Å².